The average Bonchev–Trinajstić information content (AvgIpc) is 3.19. The van der Waals surface area contributed by atoms with Crippen LogP contribution in [0.2, 0.25) is 15.1 Å². The van der Waals surface area contributed by atoms with Crippen LogP contribution in [0.5, 0.6) is 11.5 Å². The number of benzene rings is 3. The third kappa shape index (κ3) is 3.29. The maximum atomic E-state index is 6.52. The third-order valence-electron chi connectivity index (χ3n) is 5.39. The zero-order valence-electron chi connectivity index (χ0n) is 16.0. The van der Waals surface area contributed by atoms with E-state index in [1.165, 1.54) is 0 Å². The van der Waals surface area contributed by atoms with Gasteiger partial charge in [-0.2, -0.15) is 5.10 Å². The molecule has 0 aliphatic carbocycles. The lowest BCUT2D eigenvalue weighted by Crippen LogP contribution is -2.34. The number of hydrogen-bond donors (Lipinski definition) is 0. The van der Waals surface area contributed by atoms with Crippen molar-refractivity contribution < 1.29 is 9.47 Å². The molecule has 0 amide bonds. The highest BCUT2D eigenvalue weighted by molar-refractivity contribution is 6.35. The lowest BCUT2D eigenvalue weighted by molar-refractivity contribution is -0.0202. The van der Waals surface area contributed by atoms with Gasteiger partial charge in [0.2, 0.25) is 6.23 Å². The number of hydrazone groups is 1. The number of ether oxygens (including phenoxy) is 2. The van der Waals surface area contributed by atoms with Crippen LogP contribution >= 0.6 is 34.8 Å². The zero-order valence-corrected chi connectivity index (χ0v) is 18.2. The Bertz CT molecular complexity index is 1150. The number of nitrogens with zero attached hydrogens (tertiary/aromatic N) is 2. The molecule has 0 saturated heterocycles. The number of rotatable bonds is 3. The van der Waals surface area contributed by atoms with Crippen LogP contribution in [-0.4, -0.2) is 17.8 Å². The standard InChI is InChI=1S/C23H17Cl3N2O2/c1-29-21-5-3-2-4-16(21)23-28-20(17-10-15(25)11-18(26)22(17)30-23)12-19(27-28)13-6-8-14(24)9-7-13/h2-11,20,23H,12H2,1H3/t20-,23-/m0/s1. The maximum absolute atomic E-state index is 6.52. The number of fused-ring (bicyclic) bond motifs is 3. The van der Waals surface area contributed by atoms with Gasteiger partial charge in [0.05, 0.1) is 29.4 Å². The van der Waals surface area contributed by atoms with E-state index in [0.717, 1.165) is 28.2 Å². The topological polar surface area (TPSA) is 34.1 Å². The molecule has 0 bridgehead atoms. The zero-order chi connectivity index (χ0) is 20.8. The molecule has 0 unspecified atom stereocenters. The second kappa shape index (κ2) is 7.69. The molecule has 5 rings (SSSR count). The Morgan fingerprint density at radius 1 is 0.967 bits per heavy atom. The first-order valence-corrected chi connectivity index (χ1v) is 10.6. The molecule has 2 heterocycles. The molecule has 30 heavy (non-hydrogen) atoms. The molecule has 0 fully saturated rings. The summed E-state index contributed by atoms with van der Waals surface area (Å²) in [4.78, 5) is 0. The Hall–Kier alpha value is -2.40. The summed E-state index contributed by atoms with van der Waals surface area (Å²) in [5.74, 6) is 1.36. The minimum Gasteiger partial charge on any atom is -0.496 e. The minimum absolute atomic E-state index is 0.0643. The normalized spacial score (nSPS) is 19.6. The molecule has 3 aromatic carbocycles. The van der Waals surface area contributed by atoms with Crippen molar-refractivity contribution >= 4 is 40.5 Å². The first kappa shape index (κ1) is 19.6. The minimum atomic E-state index is -0.484. The average molecular weight is 460 g/mol. The summed E-state index contributed by atoms with van der Waals surface area (Å²) in [6.07, 6.45) is 0.211. The molecule has 2 aliphatic rings. The van der Waals surface area contributed by atoms with E-state index in [0.29, 0.717) is 27.2 Å². The Labute approximate surface area is 189 Å². The maximum Gasteiger partial charge on any atom is 0.217 e. The molecule has 0 aromatic heterocycles. The van der Waals surface area contributed by atoms with Gasteiger partial charge < -0.3 is 9.47 Å². The fraction of sp³-hybridized carbons (Fsp3) is 0.174. The Morgan fingerprint density at radius 3 is 2.50 bits per heavy atom. The molecule has 7 heteroatoms. The van der Waals surface area contributed by atoms with Crippen molar-refractivity contribution in [3.8, 4) is 11.5 Å². The first-order chi connectivity index (χ1) is 14.5. The van der Waals surface area contributed by atoms with Crippen molar-refractivity contribution in [2.45, 2.75) is 18.7 Å². The van der Waals surface area contributed by atoms with Crippen LogP contribution in [0, 0.1) is 0 Å². The summed E-state index contributed by atoms with van der Waals surface area (Å²) < 4.78 is 12.0. The van der Waals surface area contributed by atoms with Crippen LogP contribution in [-0.2, 0) is 0 Å². The van der Waals surface area contributed by atoms with Crippen LogP contribution < -0.4 is 9.47 Å². The summed E-state index contributed by atoms with van der Waals surface area (Å²) in [5, 5.41) is 8.65. The van der Waals surface area contributed by atoms with E-state index >= 15 is 0 Å². The van der Waals surface area contributed by atoms with Gasteiger partial charge in [-0.25, -0.2) is 5.01 Å². The fourth-order valence-corrected chi connectivity index (χ4v) is 4.69. The molecule has 0 spiro atoms. The van der Waals surface area contributed by atoms with Crippen LogP contribution in [0.3, 0.4) is 0 Å². The second-order valence-corrected chi connectivity index (χ2v) is 8.45. The SMILES string of the molecule is COc1ccccc1[C@@H]1Oc2c(Cl)cc(Cl)cc2[C@@H]2CC(c3ccc(Cl)cc3)=NN21. The van der Waals surface area contributed by atoms with E-state index in [4.69, 9.17) is 49.4 Å². The molecule has 3 aromatic rings. The summed E-state index contributed by atoms with van der Waals surface area (Å²) in [6, 6.07) is 19.0. The van der Waals surface area contributed by atoms with Crippen LogP contribution in [0.15, 0.2) is 65.8 Å². The highest BCUT2D eigenvalue weighted by Crippen LogP contribution is 2.51. The molecule has 2 atom stereocenters. The van der Waals surface area contributed by atoms with E-state index < -0.39 is 6.23 Å². The fourth-order valence-electron chi connectivity index (χ4n) is 4.01. The number of halogens is 3. The second-order valence-electron chi connectivity index (χ2n) is 7.17. The monoisotopic (exact) mass is 458 g/mol. The van der Waals surface area contributed by atoms with Crippen molar-refractivity contribution in [1.29, 1.82) is 0 Å². The lowest BCUT2D eigenvalue weighted by Gasteiger charge is -2.39. The highest BCUT2D eigenvalue weighted by Gasteiger charge is 2.42. The van der Waals surface area contributed by atoms with E-state index in [-0.39, 0.29) is 6.04 Å². The molecule has 0 N–H and O–H groups in total. The van der Waals surface area contributed by atoms with Crippen LogP contribution in [0.25, 0.3) is 0 Å². The Morgan fingerprint density at radius 2 is 1.73 bits per heavy atom. The van der Waals surface area contributed by atoms with Gasteiger partial charge in [-0.3, -0.25) is 0 Å². The summed E-state index contributed by atoms with van der Waals surface area (Å²) in [7, 11) is 1.65. The molecular weight excluding hydrogens is 443 g/mol. The van der Waals surface area contributed by atoms with Crippen molar-refractivity contribution in [2.24, 2.45) is 5.10 Å². The quantitative estimate of drug-likeness (QED) is 0.427. The van der Waals surface area contributed by atoms with Gasteiger partial charge in [0, 0.05) is 22.0 Å². The highest BCUT2D eigenvalue weighted by atomic mass is 35.5. The number of para-hydroxylation sites is 1. The third-order valence-corrected chi connectivity index (χ3v) is 6.14. The first-order valence-electron chi connectivity index (χ1n) is 9.45. The summed E-state index contributed by atoms with van der Waals surface area (Å²) in [5.41, 5.74) is 3.76. The summed E-state index contributed by atoms with van der Waals surface area (Å²) >= 11 is 18.9. The lowest BCUT2D eigenvalue weighted by atomic mass is 9.95. The smallest absolute Gasteiger partial charge is 0.217 e. The Kier molecular flexibility index (Phi) is 5.02. The molecule has 2 aliphatic heterocycles. The van der Waals surface area contributed by atoms with Gasteiger partial charge in [-0.15, -0.1) is 0 Å². The molecule has 4 nitrogen and oxygen atoms in total. The largest absolute Gasteiger partial charge is 0.496 e. The number of hydrogen-bond acceptors (Lipinski definition) is 4. The molecule has 0 radical (unpaired) electrons. The predicted molar refractivity (Wildman–Crippen MR) is 120 cm³/mol. The number of methoxy groups -OCH3 is 1. The predicted octanol–water partition coefficient (Wildman–Crippen LogP) is 6.90. The van der Waals surface area contributed by atoms with Crippen molar-refractivity contribution in [2.75, 3.05) is 7.11 Å². The van der Waals surface area contributed by atoms with E-state index in [2.05, 4.69) is 0 Å². The van der Waals surface area contributed by atoms with Crippen molar-refractivity contribution in [1.82, 2.24) is 5.01 Å². The van der Waals surface area contributed by atoms with Gasteiger partial charge in [0.25, 0.3) is 0 Å². The van der Waals surface area contributed by atoms with E-state index in [1.54, 1.807) is 13.2 Å². The Balaban J connectivity index is 1.65. The molecule has 0 saturated carbocycles. The van der Waals surface area contributed by atoms with Gasteiger partial charge in [0.1, 0.15) is 11.5 Å². The van der Waals surface area contributed by atoms with E-state index in [1.807, 2.05) is 59.6 Å². The van der Waals surface area contributed by atoms with Crippen LogP contribution in [0.1, 0.15) is 35.4 Å². The van der Waals surface area contributed by atoms with Gasteiger partial charge in [-0.05, 0) is 42.0 Å². The summed E-state index contributed by atoms with van der Waals surface area (Å²) in [6.45, 7) is 0. The molecule has 152 valence electrons. The van der Waals surface area contributed by atoms with E-state index in [9.17, 15) is 0 Å². The van der Waals surface area contributed by atoms with Crippen LogP contribution in [0.4, 0.5) is 0 Å². The van der Waals surface area contributed by atoms with Gasteiger partial charge in [-0.1, -0.05) is 59.1 Å². The molecular formula is C23H17Cl3N2O2. The van der Waals surface area contributed by atoms with Gasteiger partial charge in [0.15, 0.2) is 0 Å². The van der Waals surface area contributed by atoms with Gasteiger partial charge >= 0.3 is 0 Å². The van der Waals surface area contributed by atoms with Crippen molar-refractivity contribution in [3.05, 3.63) is 92.4 Å². The van der Waals surface area contributed by atoms with Crippen molar-refractivity contribution in [3.63, 3.8) is 0 Å².